The summed E-state index contributed by atoms with van der Waals surface area (Å²) in [7, 11) is 1.92. The van der Waals surface area contributed by atoms with Crippen molar-refractivity contribution in [3.05, 3.63) is 23.9 Å². The number of aromatic nitrogens is 1. The minimum Gasteiger partial charge on any atom is -0.477 e. The molecule has 90 valence electrons. The Kier molecular flexibility index (Phi) is 5.86. The maximum atomic E-state index is 5.67. The molecule has 0 saturated heterocycles. The van der Waals surface area contributed by atoms with Crippen molar-refractivity contribution < 1.29 is 4.74 Å². The zero-order valence-corrected chi connectivity index (χ0v) is 10.5. The second kappa shape index (κ2) is 7.23. The van der Waals surface area contributed by atoms with Gasteiger partial charge in [0, 0.05) is 12.6 Å². The van der Waals surface area contributed by atoms with Crippen LogP contribution in [0.5, 0.6) is 5.88 Å². The standard InChI is InChI=1S/C13H22N2O/c1-4-6-11(2)10-16-13-8-5-7-12(15-13)9-14-3/h5,7-8,11,14H,4,6,9-10H2,1-3H3. The third kappa shape index (κ3) is 4.62. The molecular weight excluding hydrogens is 200 g/mol. The first-order valence-corrected chi connectivity index (χ1v) is 5.99. The average Bonchev–Trinajstić information content (AvgIpc) is 2.28. The quantitative estimate of drug-likeness (QED) is 0.770. The van der Waals surface area contributed by atoms with Crippen LogP contribution in [0.15, 0.2) is 18.2 Å². The molecule has 0 radical (unpaired) electrons. The zero-order valence-electron chi connectivity index (χ0n) is 10.5. The maximum Gasteiger partial charge on any atom is 0.213 e. The summed E-state index contributed by atoms with van der Waals surface area (Å²) < 4.78 is 5.67. The van der Waals surface area contributed by atoms with E-state index in [1.165, 1.54) is 12.8 Å². The topological polar surface area (TPSA) is 34.1 Å². The van der Waals surface area contributed by atoms with Gasteiger partial charge >= 0.3 is 0 Å². The minimum absolute atomic E-state index is 0.597. The third-order valence-electron chi connectivity index (χ3n) is 2.44. The van der Waals surface area contributed by atoms with Crippen molar-refractivity contribution in [2.24, 2.45) is 5.92 Å². The first kappa shape index (κ1) is 13.0. The van der Waals surface area contributed by atoms with Crippen LogP contribution in [0.4, 0.5) is 0 Å². The molecule has 1 aromatic rings. The largest absolute Gasteiger partial charge is 0.477 e. The Balaban J connectivity index is 2.44. The molecule has 1 heterocycles. The molecule has 3 nitrogen and oxygen atoms in total. The molecule has 1 aromatic heterocycles. The predicted molar refractivity (Wildman–Crippen MR) is 66.6 cm³/mol. The van der Waals surface area contributed by atoms with Crippen molar-refractivity contribution in [3.8, 4) is 5.88 Å². The van der Waals surface area contributed by atoms with Crippen LogP contribution in [0.25, 0.3) is 0 Å². The normalized spacial score (nSPS) is 12.4. The zero-order chi connectivity index (χ0) is 11.8. The lowest BCUT2D eigenvalue weighted by atomic mass is 10.1. The Morgan fingerprint density at radius 3 is 2.94 bits per heavy atom. The van der Waals surface area contributed by atoms with Gasteiger partial charge in [0.15, 0.2) is 0 Å². The summed E-state index contributed by atoms with van der Waals surface area (Å²) in [6.45, 7) is 5.94. The Morgan fingerprint density at radius 1 is 1.44 bits per heavy atom. The van der Waals surface area contributed by atoms with E-state index in [1.807, 2.05) is 25.2 Å². The number of rotatable bonds is 7. The van der Waals surface area contributed by atoms with Gasteiger partial charge < -0.3 is 10.1 Å². The van der Waals surface area contributed by atoms with E-state index in [-0.39, 0.29) is 0 Å². The molecule has 0 saturated carbocycles. The molecule has 0 bridgehead atoms. The molecule has 1 unspecified atom stereocenters. The fourth-order valence-electron chi connectivity index (χ4n) is 1.62. The molecule has 16 heavy (non-hydrogen) atoms. The van der Waals surface area contributed by atoms with Crippen molar-refractivity contribution in [1.82, 2.24) is 10.3 Å². The molecule has 0 amide bonds. The highest BCUT2D eigenvalue weighted by atomic mass is 16.5. The molecule has 0 fully saturated rings. The lowest BCUT2D eigenvalue weighted by Crippen LogP contribution is -2.11. The Labute approximate surface area is 98.2 Å². The van der Waals surface area contributed by atoms with E-state index >= 15 is 0 Å². The Hall–Kier alpha value is -1.09. The molecule has 0 aliphatic rings. The lowest BCUT2D eigenvalue weighted by Gasteiger charge is -2.11. The van der Waals surface area contributed by atoms with Gasteiger partial charge in [0.2, 0.25) is 5.88 Å². The second-order valence-electron chi connectivity index (χ2n) is 4.20. The summed E-state index contributed by atoms with van der Waals surface area (Å²) in [4.78, 5) is 4.41. The molecule has 1 N–H and O–H groups in total. The van der Waals surface area contributed by atoms with Crippen LogP contribution in [-0.4, -0.2) is 18.6 Å². The first-order valence-electron chi connectivity index (χ1n) is 5.99. The monoisotopic (exact) mass is 222 g/mol. The SMILES string of the molecule is CCCC(C)COc1cccc(CNC)n1. The molecule has 0 aromatic carbocycles. The summed E-state index contributed by atoms with van der Waals surface area (Å²) in [5.41, 5.74) is 1.02. The van der Waals surface area contributed by atoms with E-state index in [9.17, 15) is 0 Å². The minimum atomic E-state index is 0.597. The van der Waals surface area contributed by atoms with Crippen LogP contribution < -0.4 is 10.1 Å². The van der Waals surface area contributed by atoms with Gasteiger partial charge in [0.05, 0.1) is 12.3 Å². The second-order valence-corrected chi connectivity index (χ2v) is 4.20. The molecule has 0 spiro atoms. The summed E-state index contributed by atoms with van der Waals surface area (Å²) in [5, 5.41) is 3.08. The molecule has 1 atom stereocenters. The maximum absolute atomic E-state index is 5.67. The summed E-state index contributed by atoms with van der Waals surface area (Å²) in [6, 6.07) is 5.90. The van der Waals surface area contributed by atoms with Crippen LogP contribution in [0.3, 0.4) is 0 Å². The van der Waals surface area contributed by atoms with Gasteiger partial charge in [-0.25, -0.2) is 4.98 Å². The number of hydrogen-bond acceptors (Lipinski definition) is 3. The smallest absolute Gasteiger partial charge is 0.213 e. The fourth-order valence-corrected chi connectivity index (χ4v) is 1.62. The van der Waals surface area contributed by atoms with E-state index in [0.29, 0.717) is 5.92 Å². The fraction of sp³-hybridized carbons (Fsp3) is 0.615. The highest BCUT2D eigenvalue weighted by molar-refractivity contribution is 5.15. The Bertz CT molecular complexity index is 302. The van der Waals surface area contributed by atoms with Gasteiger partial charge in [-0.05, 0) is 25.5 Å². The number of pyridine rings is 1. The van der Waals surface area contributed by atoms with Crippen LogP contribution in [0.2, 0.25) is 0 Å². The van der Waals surface area contributed by atoms with Gasteiger partial charge in [-0.15, -0.1) is 0 Å². The van der Waals surface area contributed by atoms with Crippen LogP contribution in [0, 0.1) is 5.92 Å². The summed E-state index contributed by atoms with van der Waals surface area (Å²) >= 11 is 0. The highest BCUT2D eigenvalue weighted by Crippen LogP contribution is 2.11. The van der Waals surface area contributed by atoms with Crippen molar-refractivity contribution in [2.75, 3.05) is 13.7 Å². The van der Waals surface area contributed by atoms with E-state index in [2.05, 4.69) is 24.1 Å². The van der Waals surface area contributed by atoms with Gasteiger partial charge in [-0.1, -0.05) is 26.3 Å². The molecule has 0 aliphatic carbocycles. The summed E-state index contributed by atoms with van der Waals surface area (Å²) in [5.74, 6) is 1.33. The lowest BCUT2D eigenvalue weighted by molar-refractivity contribution is 0.242. The number of hydrogen-bond donors (Lipinski definition) is 1. The van der Waals surface area contributed by atoms with Crippen molar-refractivity contribution in [3.63, 3.8) is 0 Å². The van der Waals surface area contributed by atoms with E-state index in [1.54, 1.807) is 0 Å². The number of nitrogens with one attached hydrogen (secondary N) is 1. The van der Waals surface area contributed by atoms with E-state index in [0.717, 1.165) is 24.7 Å². The number of nitrogens with zero attached hydrogens (tertiary/aromatic N) is 1. The summed E-state index contributed by atoms with van der Waals surface area (Å²) in [6.07, 6.45) is 2.41. The van der Waals surface area contributed by atoms with Gasteiger partial charge in [-0.3, -0.25) is 0 Å². The van der Waals surface area contributed by atoms with E-state index in [4.69, 9.17) is 4.74 Å². The molecule has 3 heteroatoms. The van der Waals surface area contributed by atoms with Crippen molar-refractivity contribution >= 4 is 0 Å². The first-order chi connectivity index (χ1) is 7.76. The van der Waals surface area contributed by atoms with Crippen LogP contribution in [-0.2, 0) is 6.54 Å². The van der Waals surface area contributed by atoms with Gasteiger partial charge in [0.25, 0.3) is 0 Å². The predicted octanol–water partition coefficient (Wildman–Crippen LogP) is 2.62. The van der Waals surface area contributed by atoms with Crippen molar-refractivity contribution in [2.45, 2.75) is 33.2 Å². The van der Waals surface area contributed by atoms with E-state index < -0.39 is 0 Å². The van der Waals surface area contributed by atoms with Crippen LogP contribution in [0.1, 0.15) is 32.4 Å². The average molecular weight is 222 g/mol. The van der Waals surface area contributed by atoms with Gasteiger partial charge in [0.1, 0.15) is 0 Å². The third-order valence-corrected chi connectivity index (χ3v) is 2.44. The van der Waals surface area contributed by atoms with Crippen molar-refractivity contribution in [1.29, 1.82) is 0 Å². The molecule has 1 rings (SSSR count). The highest BCUT2D eigenvalue weighted by Gasteiger charge is 2.03. The number of ether oxygens (including phenoxy) is 1. The van der Waals surface area contributed by atoms with Gasteiger partial charge in [-0.2, -0.15) is 0 Å². The Morgan fingerprint density at radius 2 is 2.25 bits per heavy atom. The molecule has 0 aliphatic heterocycles. The molecular formula is C13H22N2O. The van der Waals surface area contributed by atoms with Crippen LogP contribution >= 0.6 is 0 Å².